The molecular formula is C23H33NO4. The predicted octanol–water partition coefficient (Wildman–Crippen LogP) is 3.88. The lowest BCUT2D eigenvalue weighted by atomic mass is 9.80. The average molecular weight is 388 g/mol. The number of rotatable bonds is 8. The molecule has 1 fully saturated rings. The maximum absolute atomic E-state index is 12.9. The highest BCUT2D eigenvalue weighted by Gasteiger charge is 2.38. The number of benzene rings is 1. The van der Waals surface area contributed by atoms with E-state index in [1.165, 1.54) is 19.3 Å². The molecule has 1 amide bonds. The Morgan fingerprint density at radius 3 is 2.64 bits per heavy atom. The Balaban J connectivity index is 1.83. The van der Waals surface area contributed by atoms with Crippen LogP contribution >= 0.6 is 0 Å². The normalized spacial score (nSPS) is 25.6. The summed E-state index contributed by atoms with van der Waals surface area (Å²) in [5.74, 6) is 0.294. The zero-order chi connectivity index (χ0) is 19.8. The second-order valence-corrected chi connectivity index (χ2v) is 7.75. The number of carbonyl (C=O) groups is 1. The van der Waals surface area contributed by atoms with Gasteiger partial charge in [0.1, 0.15) is 0 Å². The van der Waals surface area contributed by atoms with Gasteiger partial charge in [-0.15, -0.1) is 0 Å². The van der Waals surface area contributed by atoms with Crippen molar-refractivity contribution in [2.45, 2.75) is 70.1 Å². The molecule has 0 unspecified atom stereocenters. The summed E-state index contributed by atoms with van der Waals surface area (Å²) < 4.78 is 11.9. The fraction of sp³-hybridized carbons (Fsp3) is 0.609. The summed E-state index contributed by atoms with van der Waals surface area (Å²) in [7, 11) is 0. The van der Waals surface area contributed by atoms with E-state index < -0.39 is 6.29 Å². The molecule has 1 aliphatic carbocycles. The molecule has 3 atom stereocenters. The van der Waals surface area contributed by atoms with Crippen molar-refractivity contribution in [2.24, 2.45) is 5.92 Å². The molecule has 0 spiro atoms. The summed E-state index contributed by atoms with van der Waals surface area (Å²) in [4.78, 5) is 12.9. The Kier molecular flexibility index (Phi) is 7.92. The van der Waals surface area contributed by atoms with Gasteiger partial charge in [0, 0.05) is 31.1 Å². The molecule has 5 nitrogen and oxygen atoms in total. The highest BCUT2D eigenvalue weighted by Crippen LogP contribution is 2.39. The molecule has 2 aliphatic rings. The van der Waals surface area contributed by atoms with Gasteiger partial charge in [-0.05, 0) is 44.2 Å². The molecule has 1 aromatic rings. The molecule has 0 radical (unpaired) electrons. The predicted molar refractivity (Wildman–Crippen MR) is 109 cm³/mol. The van der Waals surface area contributed by atoms with Crippen molar-refractivity contribution < 1.29 is 19.4 Å². The number of carbonyl (C=O) groups excluding carboxylic acids is 1. The topological polar surface area (TPSA) is 67.8 Å². The van der Waals surface area contributed by atoms with Crippen LogP contribution in [0.4, 0.5) is 0 Å². The second-order valence-electron chi connectivity index (χ2n) is 7.75. The van der Waals surface area contributed by atoms with Gasteiger partial charge in [-0.25, -0.2) is 0 Å². The molecule has 1 saturated carbocycles. The molecule has 1 aliphatic heterocycles. The first-order chi connectivity index (χ1) is 13.7. The molecule has 28 heavy (non-hydrogen) atoms. The van der Waals surface area contributed by atoms with Crippen LogP contribution in [0, 0.1) is 5.92 Å². The summed E-state index contributed by atoms with van der Waals surface area (Å²) in [5, 5.41) is 12.5. The number of hydrogen-bond acceptors (Lipinski definition) is 4. The van der Waals surface area contributed by atoms with Crippen molar-refractivity contribution in [3.05, 3.63) is 47.7 Å². The van der Waals surface area contributed by atoms with Crippen molar-refractivity contribution in [3.8, 4) is 0 Å². The van der Waals surface area contributed by atoms with E-state index in [-0.39, 0.29) is 30.4 Å². The standard InChI is InChI=1S/C23H33NO4/c1-2-27-23-19(14-9-15-25)20(17-10-5-3-6-11-17)16-21(28-23)22(26)24-18-12-7-4-8-13-18/h3,5-6,10-11,16,18-20,23,25H,2,4,7-9,12-15H2,1H3,(H,24,26)/t19-,20+,23+/m1/s1. The molecule has 2 N–H and O–H groups in total. The Morgan fingerprint density at radius 1 is 1.21 bits per heavy atom. The van der Waals surface area contributed by atoms with Gasteiger partial charge in [-0.3, -0.25) is 4.79 Å². The van der Waals surface area contributed by atoms with Crippen molar-refractivity contribution in [1.29, 1.82) is 0 Å². The van der Waals surface area contributed by atoms with E-state index in [9.17, 15) is 9.90 Å². The SMILES string of the molecule is CCO[C@H]1OC(C(=O)NC2CCCCC2)=C[C@@H](c2ccccc2)[C@H]1CCCO. The maximum atomic E-state index is 12.9. The Labute approximate surface area is 168 Å². The van der Waals surface area contributed by atoms with Gasteiger partial charge in [0.2, 0.25) is 6.29 Å². The summed E-state index contributed by atoms with van der Waals surface area (Å²) in [6, 6.07) is 10.4. The van der Waals surface area contributed by atoms with Crippen LogP contribution < -0.4 is 5.32 Å². The second kappa shape index (κ2) is 10.6. The first kappa shape index (κ1) is 20.9. The van der Waals surface area contributed by atoms with E-state index in [0.29, 0.717) is 18.8 Å². The monoisotopic (exact) mass is 387 g/mol. The van der Waals surface area contributed by atoms with E-state index in [2.05, 4.69) is 17.4 Å². The van der Waals surface area contributed by atoms with Crippen molar-refractivity contribution in [3.63, 3.8) is 0 Å². The fourth-order valence-electron chi connectivity index (χ4n) is 4.32. The number of allylic oxidation sites excluding steroid dienone is 1. The minimum Gasteiger partial charge on any atom is -0.459 e. The van der Waals surface area contributed by atoms with Crippen LogP contribution in [0.1, 0.15) is 63.4 Å². The van der Waals surface area contributed by atoms with Crippen LogP contribution in [0.2, 0.25) is 0 Å². The van der Waals surface area contributed by atoms with Gasteiger partial charge in [-0.1, -0.05) is 49.6 Å². The number of aliphatic hydroxyl groups is 1. The largest absolute Gasteiger partial charge is 0.459 e. The van der Waals surface area contributed by atoms with Gasteiger partial charge in [0.15, 0.2) is 5.76 Å². The third kappa shape index (κ3) is 5.36. The average Bonchev–Trinajstić information content (AvgIpc) is 2.74. The van der Waals surface area contributed by atoms with Crippen LogP contribution in [0.3, 0.4) is 0 Å². The van der Waals surface area contributed by atoms with E-state index in [4.69, 9.17) is 9.47 Å². The summed E-state index contributed by atoms with van der Waals surface area (Å²) in [6.45, 7) is 2.58. The van der Waals surface area contributed by atoms with E-state index >= 15 is 0 Å². The summed E-state index contributed by atoms with van der Waals surface area (Å²) in [6.07, 6.45) is 8.58. The van der Waals surface area contributed by atoms with Gasteiger partial charge in [-0.2, -0.15) is 0 Å². The molecule has 1 heterocycles. The zero-order valence-corrected chi connectivity index (χ0v) is 16.8. The lowest BCUT2D eigenvalue weighted by molar-refractivity contribution is -0.166. The number of aliphatic hydroxyl groups excluding tert-OH is 1. The van der Waals surface area contributed by atoms with Gasteiger partial charge < -0.3 is 19.9 Å². The lowest BCUT2D eigenvalue weighted by Gasteiger charge is -2.37. The fourth-order valence-corrected chi connectivity index (χ4v) is 4.32. The number of nitrogens with one attached hydrogen (secondary N) is 1. The van der Waals surface area contributed by atoms with Crippen molar-refractivity contribution in [1.82, 2.24) is 5.32 Å². The minimum absolute atomic E-state index is 0.0187. The van der Waals surface area contributed by atoms with E-state index in [1.54, 1.807) is 0 Å². The molecular weight excluding hydrogens is 354 g/mol. The Hall–Kier alpha value is -1.85. The highest BCUT2D eigenvalue weighted by atomic mass is 16.7. The van der Waals surface area contributed by atoms with Crippen LogP contribution in [0.25, 0.3) is 0 Å². The molecule has 0 aromatic heterocycles. The number of hydrogen-bond donors (Lipinski definition) is 2. The molecule has 3 rings (SSSR count). The van der Waals surface area contributed by atoms with Gasteiger partial charge >= 0.3 is 0 Å². The Morgan fingerprint density at radius 2 is 1.96 bits per heavy atom. The van der Waals surface area contributed by atoms with Crippen LogP contribution in [0.5, 0.6) is 0 Å². The maximum Gasteiger partial charge on any atom is 0.286 e. The lowest BCUT2D eigenvalue weighted by Crippen LogP contribution is -2.42. The van der Waals surface area contributed by atoms with Crippen molar-refractivity contribution in [2.75, 3.05) is 13.2 Å². The molecule has 0 saturated heterocycles. The number of ether oxygens (including phenoxy) is 2. The molecule has 154 valence electrons. The quantitative estimate of drug-likeness (QED) is 0.710. The van der Waals surface area contributed by atoms with Gasteiger partial charge in [0.05, 0.1) is 0 Å². The first-order valence-electron chi connectivity index (χ1n) is 10.7. The van der Waals surface area contributed by atoms with Gasteiger partial charge in [0.25, 0.3) is 5.91 Å². The zero-order valence-electron chi connectivity index (χ0n) is 16.8. The number of amides is 1. The third-order valence-electron chi connectivity index (χ3n) is 5.76. The summed E-state index contributed by atoms with van der Waals surface area (Å²) in [5.41, 5.74) is 1.14. The van der Waals surface area contributed by atoms with Crippen molar-refractivity contribution >= 4 is 5.91 Å². The van der Waals surface area contributed by atoms with E-state index in [1.807, 2.05) is 31.2 Å². The van der Waals surface area contributed by atoms with Crippen LogP contribution in [0.15, 0.2) is 42.2 Å². The summed E-state index contributed by atoms with van der Waals surface area (Å²) >= 11 is 0. The first-order valence-corrected chi connectivity index (χ1v) is 10.7. The third-order valence-corrected chi connectivity index (χ3v) is 5.76. The van der Waals surface area contributed by atoms with Crippen LogP contribution in [-0.4, -0.2) is 36.6 Å². The molecule has 0 bridgehead atoms. The van der Waals surface area contributed by atoms with Crippen LogP contribution in [-0.2, 0) is 14.3 Å². The highest BCUT2D eigenvalue weighted by molar-refractivity contribution is 5.92. The van der Waals surface area contributed by atoms with E-state index in [0.717, 1.165) is 24.8 Å². The smallest absolute Gasteiger partial charge is 0.286 e. The Bertz CT molecular complexity index is 639. The minimum atomic E-state index is -0.487. The molecule has 1 aromatic carbocycles. The molecule has 5 heteroatoms.